The lowest BCUT2D eigenvalue weighted by Crippen LogP contribution is -2.62. The van der Waals surface area contributed by atoms with Gasteiger partial charge in [-0.2, -0.15) is 0 Å². The van der Waals surface area contributed by atoms with Crippen molar-refractivity contribution >= 4 is 117 Å². The molecule has 0 spiro atoms. The highest BCUT2D eigenvalue weighted by Gasteiger charge is 2.50. The van der Waals surface area contributed by atoms with E-state index < -0.39 is 183 Å². The smallest absolute Gasteiger partial charge is 0.307 e. The van der Waals surface area contributed by atoms with E-state index in [1.165, 1.54) is 72.1 Å². The number of esters is 7. The molecule has 3 heterocycles. The molecule has 8 unspecified atom stereocenters. The number of carbonyl (C=O) groups is 15. The maximum absolute atomic E-state index is 14.6. The van der Waals surface area contributed by atoms with Crippen molar-refractivity contribution in [3.63, 3.8) is 0 Å². The molecule has 107 heavy (non-hydrogen) atoms. The minimum atomic E-state index is -1.35. The normalized spacial score (nSPS) is 24.4. The second-order valence-corrected chi connectivity index (χ2v) is 31.4. The van der Waals surface area contributed by atoms with E-state index in [9.17, 15) is 71.9 Å². The second kappa shape index (κ2) is 49.8. The summed E-state index contributed by atoms with van der Waals surface area (Å²) in [6, 6.07) is -2.40. The molecule has 35 nitrogen and oxygen atoms in total. The largest absolute Gasteiger partial charge is 0.463 e. The van der Waals surface area contributed by atoms with E-state index in [2.05, 4.69) is 34.6 Å². The van der Waals surface area contributed by atoms with E-state index in [1.807, 2.05) is 0 Å². The predicted molar refractivity (Wildman–Crippen MR) is 385 cm³/mol. The molecule has 3 rings (SSSR count). The van der Waals surface area contributed by atoms with Crippen LogP contribution in [0, 0.1) is 17.8 Å². The first-order valence-corrected chi connectivity index (χ1v) is 39.9. The van der Waals surface area contributed by atoms with Gasteiger partial charge in [-0.05, 0) is 44.9 Å². The van der Waals surface area contributed by atoms with E-state index in [-0.39, 0.29) is 148 Å². The molecule has 3 aliphatic heterocycles. The van der Waals surface area contributed by atoms with Gasteiger partial charge in [0.15, 0.2) is 25.0 Å². The number of hydrogen-bond acceptors (Lipinski definition) is 29. The number of thiol groups is 1. The van der Waals surface area contributed by atoms with Gasteiger partial charge in [0.05, 0.1) is 30.3 Å². The molecule has 3 fully saturated rings. The fourth-order valence-corrected chi connectivity index (χ4v) is 13.6. The van der Waals surface area contributed by atoms with Gasteiger partial charge in [0, 0.05) is 165 Å². The van der Waals surface area contributed by atoms with Gasteiger partial charge >= 0.3 is 41.8 Å². The van der Waals surface area contributed by atoms with Gasteiger partial charge in [-0.1, -0.05) is 46.9 Å². The van der Waals surface area contributed by atoms with Crippen molar-refractivity contribution in [1.29, 1.82) is 0 Å². The minimum absolute atomic E-state index is 0.00176. The Morgan fingerprint density at radius 1 is 0.458 bits per heavy atom. The lowest BCUT2D eigenvalue weighted by Gasteiger charge is -2.44. The number of ether oxygens (including phenoxy) is 13. The van der Waals surface area contributed by atoms with Crippen molar-refractivity contribution in [2.75, 3.05) is 84.7 Å². The average Bonchev–Trinajstić information content (AvgIpc) is 0.809. The number of nitrogens with one attached hydrogen (secondary N) is 5. The molecular weight excluding hydrogens is 1470 g/mol. The van der Waals surface area contributed by atoms with Crippen LogP contribution in [-0.2, 0) is 153 Å². The van der Waals surface area contributed by atoms with E-state index >= 15 is 0 Å². The molecular formula is C69H112N7O28PS2. The Morgan fingerprint density at radius 2 is 0.804 bits per heavy atom. The summed E-state index contributed by atoms with van der Waals surface area (Å²) in [6.07, 6.45) is -9.05. The third kappa shape index (κ3) is 36.3. The number of ketones is 1. The van der Waals surface area contributed by atoms with Gasteiger partial charge in [0.2, 0.25) is 35.4 Å². The summed E-state index contributed by atoms with van der Waals surface area (Å²) >= 11 is 5.11. The predicted octanol–water partition coefficient (Wildman–Crippen LogP) is 1.06. The van der Waals surface area contributed by atoms with Gasteiger partial charge in [-0.25, -0.2) is 0 Å². The fourth-order valence-electron chi connectivity index (χ4n) is 12.1. The van der Waals surface area contributed by atoms with Crippen molar-refractivity contribution < 1.29 is 133 Å². The highest BCUT2D eigenvalue weighted by molar-refractivity contribution is 8.39. The molecule has 0 aromatic rings. The molecule has 17 atom stereocenters. The molecule has 5 N–H and O–H groups in total. The summed E-state index contributed by atoms with van der Waals surface area (Å²) in [6.45, 7) is 16.5. The number of hydrogen-bond donors (Lipinski definition) is 6. The van der Waals surface area contributed by atoms with E-state index in [0.717, 1.165) is 0 Å². The van der Waals surface area contributed by atoms with Crippen LogP contribution in [0.25, 0.3) is 0 Å². The van der Waals surface area contributed by atoms with Gasteiger partial charge in [-0.15, -0.1) is 8.63 Å². The van der Waals surface area contributed by atoms with E-state index in [4.69, 9.17) is 72.8 Å². The van der Waals surface area contributed by atoms with Gasteiger partial charge in [0.1, 0.15) is 62.2 Å². The molecule has 3 aliphatic rings. The molecule has 608 valence electrons. The zero-order valence-electron chi connectivity index (χ0n) is 63.6. The summed E-state index contributed by atoms with van der Waals surface area (Å²) in [5.74, 6) is -9.55. The number of Topliss-reactive ketones (excluding diaryl/α,β-unsaturated/α-hetero) is 1. The molecule has 0 radical (unpaired) electrons. The zero-order chi connectivity index (χ0) is 80.0. The van der Waals surface area contributed by atoms with Gasteiger partial charge in [0.25, 0.3) is 5.91 Å². The van der Waals surface area contributed by atoms with Crippen LogP contribution in [-0.4, -0.2) is 263 Å². The molecule has 0 bridgehead atoms. The Kier molecular flexibility index (Phi) is 43.8. The van der Waals surface area contributed by atoms with Crippen molar-refractivity contribution in [3.05, 3.63) is 0 Å². The van der Waals surface area contributed by atoms with E-state index in [1.54, 1.807) is 27.7 Å². The van der Waals surface area contributed by atoms with Crippen LogP contribution in [0.5, 0.6) is 0 Å². The molecule has 0 saturated carbocycles. The number of unbranched alkanes of at least 4 members (excludes halogenated alkanes) is 3. The van der Waals surface area contributed by atoms with Crippen LogP contribution in [0.4, 0.5) is 0 Å². The SMILES string of the molecule is CCC(OC(=O)CCC(=O)C[SH](=P)=S)C(=O)N(CCNC(=O)CCCCO[C@@H]1OC(COC(C)=O)[C@H](OC(C)=O)[C@H](C)C1NC(C)=O)CCN(CCNC(=O)CCCCO[C@@H]1OC(COC(C)=O)[C@H](OC(C)=O)[C@H](C)C1NC(C)=O)C(=O)CCCCO[C@@H]1OC(COC(C)=O)[C@H](OC(C)=O)[C@H](C)C1NC(C)=O. The van der Waals surface area contributed by atoms with Crippen LogP contribution >= 0.6 is 8.02 Å². The van der Waals surface area contributed by atoms with Crippen LogP contribution in [0.3, 0.4) is 0 Å². The lowest BCUT2D eigenvalue weighted by atomic mass is 9.88. The van der Waals surface area contributed by atoms with Crippen molar-refractivity contribution in [2.24, 2.45) is 17.8 Å². The number of amides is 7. The Labute approximate surface area is 633 Å². The summed E-state index contributed by atoms with van der Waals surface area (Å²) in [4.78, 5) is 193. The summed E-state index contributed by atoms with van der Waals surface area (Å²) in [7, 11) is 2.09. The van der Waals surface area contributed by atoms with Gasteiger partial charge in [-0.3, -0.25) is 71.9 Å². The van der Waals surface area contributed by atoms with Crippen molar-refractivity contribution in [2.45, 2.75) is 247 Å². The molecule has 7 amide bonds. The number of carbonyl (C=O) groups excluding carboxylic acids is 15. The monoisotopic (exact) mass is 1580 g/mol. The average molecular weight is 1580 g/mol. The molecule has 0 aliphatic carbocycles. The molecule has 3 saturated heterocycles. The second-order valence-electron chi connectivity index (χ2n) is 26.4. The summed E-state index contributed by atoms with van der Waals surface area (Å²) in [5.41, 5.74) is 0. The highest BCUT2D eigenvalue weighted by atomic mass is 32.9. The van der Waals surface area contributed by atoms with E-state index in [0.29, 0.717) is 25.7 Å². The third-order valence-corrected chi connectivity index (χ3v) is 18.8. The zero-order valence-corrected chi connectivity index (χ0v) is 66.3. The Balaban J connectivity index is 1.84. The minimum Gasteiger partial charge on any atom is -0.463 e. The Morgan fingerprint density at radius 3 is 1.13 bits per heavy atom. The molecule has 38 heteroatoms. The van der Waals surface area contributed by atoms with Crippen LogP contribution in [0.2, 0.25) is 0 Å². The maximum Gasteiger partial charge on any atom is 0.307 e. The first-order chi connectivity index (χ1) is 50.5. The van der Waals surface area contributed by atoms with Crippen LogP contribution in [0.1, 0.15) is 167 Å². The first kappa shape index (κ1) is 94.1. The lowest BCUT2D eigenvalue weighted by molar-refractivity contribution is -0.262. The first-order valence-electron chi connectivity index (χ1n) is 36.0. The maximum atomic E-state index is 14.6. The highest BCUT2D eigenvalue weighted by Crippen LogP contribution is 2.33. The van der Waals surface area contributed by atoms with Crippen LogP contribution < -0.4 is 26.6 Å². The van der Waals surface area contributed by atoms with Crippen LogP contribution in [0.15, 0.2) is 0 Å². The topological polar surface area (TPSA) is 443 Å². The number of rotatable bonds is 47. The Bertz CT molecular complexity index is 3060. The summed E-state index contributed by atoms with van der Waals surface area (Å²) < 4.78 is 74.6. The summed E-state index contributed by atoms with van der Waals surface area (Å²) in [5, 5.41) is 14.0. The third-order valence-electron chi connectivity index (χ3n) is 17.3. The number of nitrogens with zero attached hydrogens (tertiary/aromatic N) is 2. The quantitative estimate of drug-likeness (QED) is 0.0163. The van der Waals surface area contributed by atoms with Crippen molar-refractivity contribution in [1.82, 2.24) is 36.4 Å². The molecule has 0 aromatic heterocycles. The molecule has 0 aromatic carbocycles. The van der Waals surface area contributed by atoms with Gasteiger partial charge < -0.3 is 98.0 Å². The standard InChI is InChI=1S/C69H112N7O28PS2/c1-14-52(101-59(90)25-24-51(86)38-107(105)106)66(91)76(29-27-71-57(88)22-16-19-33-93-68-61(73-43(6)78)40(3)64(99-49(12)84)54(103-68)36-96-46(9)81)31-30-75(58(89)23-17-20-34-94-69-62(74-44(7)79)41(4)65(100-50(13)85)55(104-69)37-97-47(10)82)28-26-70-56(87)21-15-18-32-92-67-60(72-42(5)77)39(2)63(98-48(11)83)53(102-67)35-95-45(8)80/h39-41,52-55,60-65,67-69,105,107H,14-38H2,1-13H3,(H,70,87)(H,71,88)(H,72,77)(H,73,78)(H,74,79)/t39-,40-,41-,52?,53?,54?,55?,60?,61?,62?,63-,64-,65-,67-,68-,69-/m1/s1. The van der Waals surface area contributed by atoms with Crippen molar-refractivity contribution in [3.8, 4) is 0 Å². The fraction of sp³-hybridized carbons (Fsp3) is 0.783. The Hall–Kier alpha value is -7.12.